The summed E-state index contributed by atoms with van der Waals surface area (Å²) in [4.78, 5) is 33.3. The standard InChI is InChI=1S/C13H16N2O7S/c1-2-23(21,22)8-7-10(13(17)18)14-12(16)9-5-3-4-6-11(9)15(19)20/h3-6,10H,2,7-8H2,1H3,(H,14,16)(H,17,18). The Bertz CT molecular complexity index is 715. The summed E-state index contributed by atoms with van der Waals surface area (Å²) < 4.78 is 22.9. The lowest BCUT2D eigenvalue weighted by Crippen LogP contribution is -2.42. The third-order valence-electron chi connectivity index (χ3n) is 3.11. The van der Waals surface area contributed by atoms with Crippen LogP contribution in [-0.2, 0) is 14.6 Å². The van der Waals surface area contributed by atoms with Gasteiger partial charge in [-0.15, -0.1) is 0 Å². The van der Waals surface area contributed by atoms with Crippen LogP contribution in [0.4, 0.5) is 5.69 Å². The number of carboxylic acid groups (broad SMARTS) is 1. The average Bonchev–Trinajstić information content (AvgIpc) is 2.50. The van der Waals surface area contributed by atoms with Crippen molar-refractivity contribution in [2.45, 2.75) is 19.4 Å². The molecule has 1 amide bonds. The van der Waals surface area contributed by atoms with Crippen LogP contribution in [0.1, 0.15) is 23.7 Å². The number of nitro groups is 1. The van der Waals surface area contributed by atoms with Crippen LogP contribution in [0, 0.1) is 10.1 Å². The quantitative estimate of drug-likeness (QED) is 0.519. The first-order chi connectivity index (χ1) is 10.7. The summed E-state index contributed by atoms with van der Waals surface area (Å²) in [6, 6.07) is 3.63. The summed E-state index contributed by atoms with van der Waals surface area (Å²) >= 11 is 0. The normalized spacial score (nSPS) is 12.4. The van der Waals surface area contributed by atoms with Gasteiger partial charge in [0.2, 0.25) is 0 Å². The van der Waals surface area contributed by atoms with E-state index in [1.54, 1.807) is 0 Å². The first kappa shape index (κ1) is 18.6. The van der Waals surface area contributed by atoms with Crippen LogP contribution >= 0.6 is 0 Å². The van der Waals surface area contributed by atoms with E-state index in [1.807, 2.05) is 0 Å². The highest BCUT2D eigenvalue weighted by molar-refractivity contribution is 7.91. The van der Waals surface area contributed by atoms with Crippen LogP contribution in [0.5, 0.6) is 0 Å². The van der Waals surface area contributed by atoms with E-state index in [-0.39, 0.29) is 17.7 Å². The number of hydrogen-bond donors (Lipinski definition) is 2. The number of carbonyl (C=O) groups excluding carboxylic acids is 1. The number of rotatable bonds is 8. The van der Waals surface area contributed by atoms with Gasteiger partial charge in [0.25, 0.3) is 11.6 Å². The minimum atomic E-state index is -3.39. The van der Waals surface area contributed by atoms with E-state index in [0.717, 1.165) is 6.07 Å². The molecule has 0 spiro atoms. The molecule has 0 heterocycles. The monoisotopic (exact) mass is 344 g/mol. The predicted octanol–water partition coefficient (Wildman–Crippen LogP) is 0.603. The summed E-state index contributed by atoms with van der Waals surface area (Å²) in [6.07, 6.45) is -0.322. The molecule has 0 aliphatic carbocycles. The van der Waals surface area contributed by atoms with Crippen molar-refractivity contribution in [1.29, 1.82) is 0 Å². The highest BCUT2D eigenvalue weighted by Crippen LogP contribution is 2.17. The van der Waals surface area contributed by atoms with Crippen molar-refractivity contribution in [1.82, 2.24) is 5.32 Å². The maximum atomic E-state index is 12.1. The smallest absolute Gasteiger partial charge is 0.326 e. The maximum Gasteiger partial charge on any atom is 0.326 e. The summed E-state index contributed by atoms with van der Waals surface area (Å²) in [5, 5.41) is 22.1. The molecule has 1 atom stereocenters. The molecule has 1 aromatic rings. The number of sulfone groups is 1. The number of carbonyl (C=O) groups is 2. The molecule has 2 N–H and O–H groups in total. The van der Waals surface area contributed by atoms with E-state index in [9.17, 15) is 28.1 Å². The second-order valence-corrected chi connectivity index (χ2v) is 7.14. The molecule has 0 saturated carbocycles. The summed E-state index contributed by atoms with van der Waals surface area (Å²) in [7, 11) is -3.39. The fraction of sp³-hybridized carbons (Fsp3) is 0.385. The zero-order valence-electron chi connectivity index (χ0n) is 12.3. The van der Waals surface area contributed by atoms with E-state index in [2.05, 4.69) is 5.32 Å². The van der Waals surface area contributed by atoms with Crippen LogP contribution in [-0.4, -0.2) is 47.9 Å². The van der Waals surface area contributed by atoms with Gasteiger partial charge in [-0.1, -0.05) is 19.1 Å². The van der Waals surface area contributed by atoms with Crippen molar-refractivity contribution >= 4 is 27.4 Å². The average molecular weight is 344 g/mol. The Labute approximate surface area is 132 Å². The number of carboxylic acids is 1. The molecule has 0 bridgehead atoms. The minimum absolute atomic E-state index is 0.141. The maximum absolute atomic E-state index is 12.1. The predicted molar refractivity (Wildman–Crippen MR) is 80.9 cm³/mol. The highest BCUT2D eigenvalue weighted by atomic mass is 32.2. The van der Waals surface area contributed by atoms with E-state index < -0.39 is 44.1 Å². The molecule has 9 nitrogen and oxygen atoms in total. The first-order valence-electron chi connectivity index (χ1n) is 6.65. The van der Waals surface area contributed by atoms with Gasteiger partial charge < -0.3 is 10.4 Å². The van der Waals surface area contributed by atoms with Crippen molar-refractivity contribution in [2.24, 2.45) is 0 Å². The molecule has 0 aliphatic rings. The van der Waals surface area contributed by atoms with Crippen LogP contribution < -0.4 is 5.32 Å². The lowest BCUT2D eigenvalue weighted by Gasteiger charge is -2.14. The second kappa shape index (κ2) is 7.68. The van der Waals surface area contributed by atoms with Gasteiger partial charge in [0.05, 0.1) is 10.7 Å². The summed E-state index contributed by atoms with van der Waals surface area (Å²) in [6.45, 7) is 1.43. The molecular formula is C13H16N2O7S. The van der Waals surface area contributed by atoms with Crippen molar-refractivity contribution in [3.63, 3.8) is 0 Å². The van der Waals surface area contributed by atoms with Gasteiger partial charge in [-0.3, -0.25) is 14.9 Å². The van der Waals surface area contributed by atoms with Gasteiger partial charge >= 0.3 is 5.97 Å². The highest BCUT2D eigenvalue weighted by Gasteiger charge is 2.26. The Morgan fingerprint density at radius 1 is 1.35 bits per heavy atom. The van der Waals surface area contributed by atoms with Crippen LogP contribution in [0.3, 0.4) is 0 Å². The molecule has 0 saturated heterocycles. The first-order valence-corrected chi connectivity index (χ1v) is 8.47. The number of aliphatic carboxylic acids is 1. The molecule has 1 aromatic carbocycles. The molecule has 0 fully saturated rings. The van der Waals surface area contributed by atoms with Gasteiger partial charge in [-0.2, -0.15) is 0 Å². The van der Waals surface area contributed by atoms with E-state index >= 15 is 0 Å². The number of para-hydroxylation sites is 1. The van der Waals surface area contributed by atoms with Crippen molar-refractivity contribution < 1.29 is 28.0 Å². The van der Waals surface area contributed by atoms with Gasteiger partial charge in [-0.05, 0) is 12.5 Å². The third-order valence-corrected chi connectivity index (χ3v) is 4.84. The number of nitrogens with zero attached hydrogens (tertiary/aromatic N) is 1. The Hall–Kier alpha value is -2.49. The lowest BCUT2D eigenvalue weighted by atomic mass is 10.1. The van der Waals surface area contributed by atoms with E-state index in [4.69, 9.17) is 5.11 Å². The van der Waals surface area contributed by atoms with Gasteiger partial charge in [0, 0.05) is 11.8 Å². The molecule has 23 heavy (non-hydrogen) atoms. The third kappa shape index (κ3) is 5.33. The summed E-state index contributed by atoms with van der Waals surface area (Å²) in [5.74, 6) is -2.91. The van der Waals surface area contributed by atoms with E-state index in [0.29, 0.717) is 0 Å². The van der Waals surface area contributed by atoms with Crippen molar-refractivity contribution in [3.8, 4) is 0 Å². The van der Waals surface area contributed by atoms with Gasteiger partial charge in [0.15, 0.2) is 0 Å². The fourth-order valence-corrected chi connectivity index (χ4v) is 2.64. The number of nitrogens with one attached hydrogen (secondary N) is 1. The van der Waals surface area contributed by atoms with Crippen molar-refractivity contribution in [3.05, 3.63) is 39.9 Å². The largest absolute Gasteiger partial charge is 0.480 e. The molecular weight excluding hydrogens is 328 g/mol. The SMILES string of the molecule is CCS(=O)(=O)CCC(NC(=O)c1ccccc1[N+](=O)[O-])C(=O)O. The fourth-order valence-electron chi connectivity index (χ4n) is 1.76. The number of nitro benzene ring substituents is 1. The molecule has 1 rings (SSSR count). The molecule has 0 aromatic heterocycles. The second-order valence-electron chi connectivity index (χ2n) is 4.66. The number of hydrogen-bond acceptors (Lipinski definition) is 6. The number of benzene rings is 1. The Balaban J connectivity index is 2.91. The number of amides is 1. The van der Waals surface area contributed by atoms with Gasteiger partial charge in [-0.25, -0.2) is 13.2 Å². The zero-order chi connectivity index (χ0) is 17.6. The summed E-state index contributed by atoms with van der Waals surface area (Å²) in [5.41, 5.74) is -0.752. The molecule has 10 heteroatoms. The van der Waals surface area contributed by atoms with Crippen LogP contribution in [0.25, 0.3) is 0 Å². The molecule has 0 radical (unpaired) electrons. The Kier molecular flexibility index (Phi) is 6.19. The van der Waals surface area contributed by atoms with Crippen LogP contribution in [0.15, 0.2) is 24.3 Å². The Morgan fingerprint density at radius 3 is 2.48 bits per heavy atom. The molecule has 1 unspecified atom stereocenters. The zero-order valence-corrected chi connectivity index (χ0v) is 13.1. The molecule has 0 aliphatic heterocycles. The topological polar surface area (TPSA) is 144 Å². The van der Waals surface area contributed by atoms with Crippen LogP contribution in [0.2, 0.25) is 0 Å². The van der Waals surface area contributed by atoms with Gasteiger partial charge in [0.1, 0.15) is 21.4 Å². The lowest BCUT2D eigenvalue weighted by molar-refractivity contribution is -0.385. The minimum Gasteiger partial charge on any atom is -0.480 e. The van der Waals surface area contributed by atoms with Crippen molar-refractivity contribution in [2.75, 3.05) is 11.5 Å². The molecule has 126 valence electrons. The Morgan fingerprint density at radius 2 is 1.96 bits per heavy atom. The van der Waals surface area contributed by atoms with E-state index in [1.165, 1.54) is 25.1 Å².